The van der Waals surface area contributed by atoms with Crippen LogP contribution in [0.15, 0.2) is 12.1 Å². The summed E-state index contributed by atoms with van der Waals surface area (Å²) >= 11 is 0. The van der Waals surface area contributed by atoms with Crippen molar-refractivity contribution in [3.8, 4) is 17.2 Å². The van der Waals surface area contributed by atoms with Crippen LogP contribution in [0, 0.1) is 0 Å². The summed E-state index contributed by atoms with van der Waals surface area (Å²) in [6.07, 6.45) is 0.787. The summed E-state index contributed by atoms with van der Waals surface area (Å²) in [7, 11) is 6.72. The standard InChI is InChI=1S/C15H23NO5/c1-16(7-5-6-15(17)18)10-11-8-13(20-3)14(21-4)9-12(11)19-2/h8-9H,5-7,10H2,1-4H3,(H,17,18). The van der Waals surface area contributed by atoms with Gasteiger partial charge in [0, 0.05) is 24.6 Å². The van der Waals surface area contributed by atoms with Crippen molar-refractivity contribution in [3.05, 3.63) is 17.7 Å². The normalized spacial score (nSPS) is 10.5. The highest BCUT2D eigenvalue weighted by Gasteiger charge is 2.13. The summed E-state index contributed by atoms with van der Waals surface area (Å²) in [6.45, 7) is 1.34. The van der Waals surface area contributed by atoms with Crippen LogP contribution in [0.4, 0.5) is 0 Å². The fourth-order valence-corrected chi connectivity index (χ4v) is 2.09. The zero-order chi connectivity index (χ0) is 15.8. The molecule has 118 valence electrons. The van der Waals surface area contributed by atoms with Crippen LogP contribution in [0.5, 0.6) is 17.2 Å². The zero-order valence-electron chi connectivity index (χ0n) is 13.0. The first-order valence-corrected chi connectivity index (χ1v) is 6.71. The lowest BCUT2D eigenvalue weighted by Crippen LogP contribution is -2.20. The third-order valence-electron chi connectivity index (χ3n) is 3.16. The van der Waals surface area contributed by atoms with Crippen molar-refractivity contribution in [3.63, 3.8) is 0 Å². The van der Waals surface area contributed by atoms with Crippen molar-refractivity contribution >= 4 is 5.97 Å². The second kappa shape index (κ2) is 8.36. The van der Waals surface area contributed by atoms with Gasteiger partial charge in [-0.05, 0) is 26.1 Å². The van der Waals surface area contributed by atoms with E-state index < -0.39 is 5.97 Å². The molecule has 0 aliphatic carbocycles. The fraction of sp³-hybridized carbons (Fsp3) is 0.533. The number of carboxylic acid groups (broad SMARTS) is 1. The molecule has 0 spiro atoms. The van der Waals surface area contributed by atoms with Crippen LogP contribution in [-0.4, -0.2) is 50.9 Å². The topological polar surface area (TPSA) is 68.2 Å². The lowest BCUT2D eigenvalue weighted by Gasteiger charge is -2.19. The third kappa shape index (κ3) is 5.15. The molecule has 6 nitrogen and oxygen atoms in total. The minimum Gasteiger partial charge on any atom is -0.496 e. The van der Waals surface area contributed by atoms with Gasteiger partial charge in [0.05, 0.1) is 21.3 Å². The number of carboxylic acids is 1. The van der Waals surface area contributed by atoms with Gasteiger partial charge in [0.2, 0.25) is 0 Å². The Labute approximate surface area is 125 Å². The maximum absolute atomic E-state index is 10.5. The summed E-state index contributed by atoms with van der Waals surface area (Å²) in [6, 6.07) is 3.67. The average Bonchev–Trinajstić information content (AvgIpc) is 2.46. The highest BCUT2D eigenvalue weighted by molar-refractivity contribution is 5.66. The second-order valence-corrected chi connectivity index (χ2v) is 4.75. The van der Waals surface area contributed by atoms with Crippen molar-refractivity contribution < 1.29 is 24.1 Å². The lowest BCUT2D eigenvalue weighted by atomic mass is 10.1. The molecule has 1 rings (SSSR count). The van der Waals surface area contributed by atoms with Crippen LogP contribution in [0.3, 0.4) is 0 Å². The Balaban J connectivity index is 2.78. The van der Waals surface area contributed by atoms with E-state index in [1.54, 1.807) is 27.4 Å². The Morgan fingerprint density at radius 2 is 1.67 bits per heavy atom. The zero-order valence-corrected chi connectivity index (χ0v) is 13.0. The van der Waals surface area contributed by atoms with E-state index in [1.807, 2.05) is 18.0 Å². The molecule has 0 aliphatic heterocycles. The molecular formula is C15H23NO5. The maximum Gasteiger partial charge on any atom is 0.303 e. The Morgan fingerprint density at radius 1 is 1.10 bits per heavy atom. The monoisotopic (exact) mass is 297 g/mol. The van der Waals surface area contributed by atoms with Crippen molar-refractivity contribution in [2.24, 2.45) is 0 Å². The highest BCUT2D eigenvalue weighted by Crippen LogP contribution is 2.35. The molecule has 1 aromatic carbocycles. The van der Waals surface area contributed by atoms with Crippen LogP contribution in [0.2, 0.25) is 0 Å². The molecule has 0 heterocycles. The SMILES string of the molecule is COc1cc(OC)c(OC)cc1CN(C)CCCC(=O)O. The Morgan fingerprint density at radius 3 is 2.19 bits per heavy atom. The van der Waals surface area contributed by atoms with Gasteiger partial charge >= 0.3 is 5.97 Å². The van der Waals surface area contributed by atoms with E-state index in [1.165, 1.54) is 0 Å². The number of hydrogen-bond donors (Lipinski definition) is 1. The Kier molecular flexibility index (Phi) is 6.81. The number of ether oxygens (including phenoxy) is 3. The number of rotatable bonds is 9. The molecule has 1 aromatic rings. The third-order valence-corrected chi connectivity index (χ3v) is 3.16. The molecule has 6 heteroatoms. The lowest BCUT2D eigenvalue weighted by molar-refractivity contribution is -0.137. The first-order valence-electron chi connectivity index (χ1n) is 6.71. The Hall–Kier alpha value is -1.95. The summed E-state index contributed by atoms with van der Waals surface area (Å²) in [5, 5.41) is 8.66. The summed E-state index contributed by atoms with van der Waals surface area (Å²) in [5.41, 5.74) is 0.966. The van der Waals surface area contributed by atoms with Crippen molar-refractivity contribution in [2.45, 2.75) is 19.4 Å². The van der Waals surface area contributed by atoms with Gasteiger partial charge < -0.3 is 24.2 Å². The fourth-order valence-electron chi connectivity index (χ4n) is 2.09. The van der Waals surface area contributed by atoms with E-state index >= 15 is 0 Å². The molecule has 0 aromatic heterocycles. The number of methoxy groups -OCH3 is 3. The molecule has 0 saturated heterocycles. The van der Waals surface area contributed by atoms with Gasteiger partial charge in [-0.2, -0.15) is 0 Å². The molecule has 0 bridgehead atoms. The van der Waals surface area contributed by atoms with E-state index in [4.69, 9.17) is 19.3 Å². The van der Waals surface area contributed by atoms with Gasteiger partial charge in [0.1, 0.15) is 5.75 Å². The quantitative estimate of drug-likeness (QED) is 0.752. The van der Waals surface area contributed by atoms with E-state index in [9.17, 15) is 4.79 Å². The van der Waals surface area contributed by atoms with E-state index in [0.717, 1.165) is 11.3 Å². The van der Waals surface area contributed by atoms with E-state index in [0.29, 0.717) is 31.0 Å². The van der Waals surface area contributed by atoms with Gasteiger partial charge in [-0.1, -0.05) is 0 Å². The van der Waals surface area contributed by atoms with Gasteiger partial charge in [-0.25, -0.2) is 0 Å². The summed E-state index contributed by atoms with van der Waals surface area (Å²) in [5.74, 6) is 1.21. The minimum absolute atomic E-state index is 0.174. The van der Waals surface area contributed by atoms with Crippen molar-refractivity contribution in [1.29, 1.82) is 0 Å². The molecule has 0 unspecified atom stereocenters. The van der Waals surface area contributed by atoms with Gasteiger partial charge in [-0.3, -0.25) is 4.79 Å². The van der Waals surface area contributed by atoms with Crippen LogP contribution in [0.1, 0.15) is 18.4 Å². The largest absolute Gasteiger partial charge is 0.496 e. The number of benzene rings is 1. The molecule has 1 N–H and O–H groups in total. The second-order valence-electron chi connectivity index (χ2n) is 4.75. The van der Waals surface area contributed by atoms with Crippen molar-refractivity contribution in [1.82, 2.24) is 4.90 Å². The molecule has 0 fully saturated rings. The number of carbonyl (C=O) groups is 1. The number of nitrogens with zero attached hydrogens (tertiary/aromatic N) is 1. The number of aliphatic carboxylic acids is 1. The highest BCUT2D eigenvalue weighted by atomic mass is 16.5. The molecular weight excluding hydrogens is 274 g/mol. The van der Waals surface area contributed by atoms with E-state index in [2.05, 4.69) is 0 Å². The predicted molar refractivity (Wildman–Crippen MR) is 79.3 cm³/mol. The van der Waals surface area contributed by atoms with Crippen LogP contribution < -0.4 is 14.2 Å². The first kappa shape index (κ1) is 17.1. The smallest absolute Gasteiger partial charge is 0.303 e. The van der Waals surface area contributed by atoms with Gasteiger partial charge in [0.15, 0.2) is 11.5 Å². The van der Waals surface area contributed by atoms with Gasteiger partial charge in [0.25, 0.3) is 0 Å². The van der Waals surface area contributed by atoms with Crippen LogP contribution in [-0.2, 0) is 11.3 Å². The average molecular weight is 297 g/mol. The van der Waals surface area contributed by atoms with Crippen molar-refractivity contribution in [2.75, 3.05) is 34.9 Å². The summed E-state index contributed by atoms with van der Waals surface area (Å²) in [4.78, 5) is 12.6. The number of hydrogen-bond acceptors (Lipinski definition) is 5. The molecule has 0 amide bonds. The predicted octanol–water partition coefficient (Wildman–Crippen LogP) is 2.01. The molecule has 0 atom stereocenters. The summed E-state index contributed by atoms with van der Waals surface area (Å²) < 4.78 is 15.9. The van der Waals surface area contributed by atoms with E-state index in [-0.39, 0.29) is 6.42 Å². The minimum atomic E-state index is -0.771. The van der Waals surface area contributed by atoms with Gasteiger partial charge in [-0.15, -0.1) is 0 Å². The Bertz CT molecular complexity index is 475. The maximum atomic E-state index is 10.5. The molecule has 21 heavy (non-hydrogen) atoms. The van der Waals surface area contributed by atoms with Crippen LogP contribution >= 0.6 is 0 Å². The first-order chi connectivity index (χ1) is 10.0. The molecule has 0 radical (unpaired) electrons. The van der Waals surface area contributed by atoms with Crippen LogP contribution in [0.25, 0.3) is 0 Å². The molecule has 0 aliphatic rings. The molecule has 0 saturated carbocycles.